The molecule has 1 unspecified atom stereocenters. The second kappa shape index (κ2) is 30.6. The molecule has 4 heteroatoms. The van der Waals surface area contributed by atoms with Crippen LogP contribution in [0.15, 0.2) is 340 Å². The Balaban J connectivity index is 0.000000377. The summed E-state index contributed by atoms with van der Waals surface area (Å²) in [5.74, 6) is 1.06. The van der Waals surface area contributed by atoms with E-state index in [0.717, 1.165) is 93.1 Å². The topological polar surface area (TPSA) is 34.0 Å². The molecule has 0 saturated heterocycles. The Hall–Kier alpha value is -10.7. The van der Waals surface area contributed by atoms with Crippen molar-refractivity contribution >= 4 is 38.6 Å². The third-order valence-corrected chi connectivity index (χ3v) is 15.9. The first-order valence-electron chi connectivity index (χ1n) is 31.0. The highest BCUT2D eigenvalue weighted by atomic mass is 15.1. The quantitative estimate of drug-likeness (QED) is 0.0655. The summed E-state index contributed by atoms with van der Waals surface area (Å²) in [5.41, 5.74) is 21.5. The molecular weight excluding hydrogens is 1080 g/mol. The zero-order chi connectivity index (χ0) is 61.7. The predicted molar refractivity (Wildman–Crippen MR) is 385 cm³/mol. The summed E-state index contributed by atoms with van der Waals surface area (Å²) in [6.45, 7) is 20.4. The first kappa shape index (κ1) is 61.4. The van der Waals surface area contributed by atoms with E-state index in [4.69, 9.17) is 9.97 Å². The molecule has 0 N–H and O–H groups in total. The van der Waals surface area contributed by atoms with E-state index in [9.17, 15) is 0 Å². The maximum Gasteiger partial charge on any atom is 0.160 e. The molecule has 9 aromatic carbocycles. The fourth-order valence-electron chi connectivity index (χ4n) is 11.3. The fraction of sp³-hybridized carbons (Fsp3) is 0.106. The van der Waals surface area contributed by atoms with Gasteiger partial charge in [0.15, 0.2) is 5.82 Å². The first-order valence-corrected chi connectivity index (χ1v) is 31.0. The number of unbranched alkanes of at least 4 members (excludes halogenated alkanes) is 1. The number of fused-ring (bicyclic) bond motifs is 5. The van der Waals surface area contributed by atoms with Crippen LogP contribution in [-0.4, -0.2) is 21.1 Å². The van der Waals surface area contributed by atoms with Crippen molar-refractivity contribution in [3.63, 3.8) is 0 Å². The van der Waals surface area contributed by atoms with E-state index >= 15 is 0 Å². The number of allylic oxidation sites excluding steroid dienone is 13. The lowest BCUT2D eigenvalue weighted by molar-refractivity contribution is 0.639. The number of para-hydroxylation sites is 2. The van der Waals surface area contributed by atoms with Gasteiger partial charge in [-0.05, 0) is 168 Å². The van der Waals surface area contributed by atoms with Crippen LogP contribution >= 0.6 is 0 Å². The normalized spacial score (nSPS) is 14.6. The number of hydrogen-bond acceptors (Lipinski definition) is 3. The summed E-state index contributed by atoms with van der Waals surface area (Å²) in [6.07, 6.45) is 26.7. The van der Waals surface area contributed by atoms with Gasteiger partial charge in [-0.25, -0.2) is 9.97 Å². The molecule has 0 fully saturated rings. The zero-order valence-electron chi connectivity index (χ0n) is 51.8. The van der Waals surface area contributed by atoms with E-state index in [1.807, 2.05) is 38.1 Å². The third kappa shape index (κ3) is 15.3. The monoisotopic (exact) mass is 1150 g/mol. The van der Waals surface area contributed by atoms with Crippen LogP contribution in [0.4, 0.5) is 5.69 Å². The van der Waals surface area contributed by atoms with Crippen LogP contribution in [0.3, 0.4) is 0 Å². The molecule has 3 heterocycles. The van der Waals surface area contributed by atoms with Gasteiger partial charge in [-0.1, -0.05) is 264 Å². The molecule has 2 bridgehead atoms. The molecule has 89 heavy (non-hydrogen) atoms. The van der Waals surface area contributed by atoms with Crippen LogP contribution in [0.2, 0.25) is 0 Å². The van der Waals surface area contributed by atoms with E-state index in [2.05, 4.69) is 316 Å². The highest BCUT2D eigenvalue weighted by Gasteiger charge is 2.20. The smallest absolute Gasteiger partial charge is 0.160 e. The summed E-state index contributed by atoms with van der Waals surface area (Å²) in [5, 5.41) is 2.47. The highest BCUT2D eigenvalue weighted by molar-refractivity contribution is 6.10. The Kier molecular flexibility index (Phi) is 21.1. The van der Waals surface area contributed by atoms with Crippen molar-refractivity contribution in [2.75, 3.05) is 11.4 Å². The minimum Gasteiger partial charge on any atom is -0.347 e. The van der Waals surface area contributed by atoms with Gasteiger partial charge in [-0.2, -0.15) is 0 Å². The highest BCUT2D eigenvalue weighted by Crippen LogP contribution is 2.38. The number of rotatable bonds is 13. The van der Waals surface area contributed by atoms with Crippen LogP contribution in [0.25, 0.3) is 94.8 Å². The molecule has 13 rings (SSSR count). The van der Waals surface area contributed by atoms with E-state index in [1.54, 1.807) is 12.2 Å². The Labute approximate surface area is 528 Å². The van der Waals surface area contributed by atoms with Gasteiger partial charge in [0.1, 0.15) is 0 Å². The summed E-state index contributed by atoms with van der Waals surface area (Å²) < 4.78 is 2.37. The molecule has 0 saturated carbocycles. The molecule has 4 nitrogen and oxygen atoms in total. The molecule has 11 aromatic rings. The van der Waals surface area contributed by atoms with Crippen LogP contribution in [0.1, 0.15) is 58.1 Å². The van der Waals surface area contributed by atoms with Crippen molar-refractivity contribution in [3.8, 4) is 61.8 Å². The zero-order valence-corrected chi connectivity index (χ0v) is 51.8. The van der Waals surface area contributed by atoms with Crippen molar-refractivity contribution in [1.82, 2.24) is 14.5 Å². The Morgan fingerprint density at radius 3 is 1.76 bits per heavy atom. The maximum atomic E-state index is 5.10. The lowest BCUT2D eigenvalue weighted by Gasteiger charge is -2.28. The van der Waals surface area contributed by atoms with Gasteiger partial charge in [-0.3, -0.25) is 0 Å². The Morgan fingerprint density at radius 2 is 1.09 bits per heavy atom. The van der Waals surface area contributed by atoms with Gasteiger partial charge >= 0.3 is 0 Å². The second-order valence-electron chi connectivity index (χ2n) is 21.8. The van der Waals surface area contributed by atoms with E-state index in [1.165, 1.54) is 49.6 Å². The minimum absolute atomic E-state index is 0.353. The average molecular weight is 1160 g/mol. The Morgan fingerprint density at radius 1 is 0.528 bits per heavy atom. The van der Waals surface area contributed by atoms with Gasteiger partial charge in [0.2, 0.25) is 0 Å². The van der Waals surface area contributed by atoms with E-state index < -0.39 is 0 Å². The second-order valence-corrected chi connectivity index (χ2v) is 21.8. The third-order valence-electron chi connectivity index (χ3n) is 15.9. The van der Waals surface area contributed by atoms with Crippen molar-refractivity contribution in [1.29, 1.82) is 0 Å². The molecule has 2 aromatic heterocycles. The van der Waals surface area contributed by atoms with E-state index in [0.29, 0.717) is 11.7 Å². The summed E-state index contributed by atoms with van der Waals surface area (Å²) in [4.78, 5) is 12.5. The number of anilines is 1. The van der Waals surface area contributed by atoms with Crippen LogP contribution < -0.4 is 4.90 Å². The molecule has 1 aliphatic heterocycles. The van der Waals surface area contributed by atoms with Crippen LogP contribution in [0, 0.1) is 5.92 Å². The van der Waals surface area contributed by atoms with Gasteiger partial charge in [0.05, 0.1) is 22.4 Å². The molecule has 0 spiro atoms. The summed E-state index contributed by atoms with van der Waals surface area (Å²) in [7, 11) is 0. The molecule has 0 radical (unpaired) electrons. The molecule has 0 amide bonds. The molecule has 1 atom stereocenters. The number of benzene rings is 9. The standard InChI is InChI=1S/C65H48N4.C14H18.C4H6.C2H6/c1-45-38-55(54-32-35-64-60(42-54)59-28-11-12-29-63(59)69(64)58-26-9-4-10-27-58)36-37-68(44-46-16-13-21-50(45)39-46)57-33-30-47(31-34-57)51-22-14-23-52(40-51)53-24-15-25-56(41-53)62-43-61(48-17-5-2-6-18-48)66-65(67-62)49-19-7-3-8-20-49;1-3-4-5-7-10-13(2)14-11-8-6-9-12-14;1-3-4-2;1-2/h2-38,40-43,46H,1,39,44H2;3-4,6,8-12H,5,7H2,1-2H3;3-4H,1-2H2;1-2H3/b37-36-,55-38+;4-3-,13-10+;;. The van der Waals surface area contributed by atoms with Gasteiger partial charge in [0, 0.05) is 51.6 Å². The number of hydrogen-bond donors (Lipinski definition) is 0. The van der Waals surface area contributed by atoms with Crippen molar-refractivity contribution in [2.24, 2.45) is 5.92 Å². The molecule has 438 valence electrons. The predicted octanol–water partition coefficient (Wildman–Crippen LogP) is 23.2. The van der Waals surface area contributed by atoms with Crippen molar-refractivity contribution in [2.45, 2.75) is 47.0 Å². The summed E-state index contributed by atoms with van der Waals surface area (Å²) in [6, 6.07) is 86.0. The molecule has 1 aliphatic carbocycles. The number of aromatic nitrogens is 3. The van der Waals surface area contributed by atoms with Crippen molar-refractivity contribution in [3.05, 3.63) is 352 Å². The lowest BCUT2D eigenvalue weighted by atomic mass is 9.88. The number of nitrogens with zero attached hydrogens (tertiary/aromatic N) is 4. The minimum atomic E-state index is 0.353. The van der Waals surface area contributed by atoms with Gasteiger partial charge in [0.25, 0.3) is 0 Å². The van der Waals surface area contributed by atoms with Crippen molar-refractivity contribution < 1.29 is 0 Å². The summed E-state index contributed by atoms with van der Waals surface area (Å²) >= 11 is 0. The average Bonchev–Trinajstić information content (AvgIpc) is 1.71. The van der Waals surface area contributed by atoms with Gasteiger partial charge in [-0.15, -0.1) is 0 Å². The van der Waals surface area contributed by atoms with Gasteiger partial charge < -0.3 is 9.47 Å². The SMILES string of the molecule is C/C=C\CC/C=C(\C)c1ccccc1.C=C1/C=C(c2ccc3c(c2)c2ccccc2n3-c2ccccc2)\C=C/N(c2ccc(-c3cccc(-c4cccc(-c5cc(-c6ccccc6)nc(-c6ccccc6)n5)c4)c3)cc2)CC2C=CC=C1C2.C=CC=C.CC. The maximum absolute atomic E-state index is 5.10. The first-order chi connectivity index (χ1) is 43.8. The van der Waals surface area contributed by atoms with Crippen LogP contribution in [-0.2, 0) is 0 Å². The largest absolute Gasteiger partial charge is 0.347 e. The Bertz CT molecular complexity index is 4320. The van der Waals surface area contributed by atoms with Crippen LogP contribution in [0.5, 0.6) is 0 Å². The van der Waals surface area contributed by atoms with E-state index in [-0.39, 0.29) is 0 Å². The fourth-order valence-corrected chi connectivity index (χ4v) is 11.3. The lowest BCUT2D eigenvalue weighted by Crippen LogP contribution is -2.25. The molecule has 2 aliphatic rings. The molecular formula is C85H78N4.